The molecule has 0 aromatic carbocycles. The summed E-state index contributed by atoms with van der Waals surface area (Å²) in [6.45, 7) is 0. The molecule has 1 aromatic heterocycles. The van der Waals surface area contributed by atoms with Gasteiger partial charge in [-0.3, -0.25) is 4.98 Å². The van der Waals surface area contributed by atoms with Crippen molar-refractivity contribution in [3.05, 3.63) is 29.0 Å². The van der Waals surface area contributed by atoms with Crippen LogP contribution >= 0.6 is 23.2 Å². The van der Waals surface area contributed by atoms with E-state index in [2.05, 4.69) is 4.98 Å². The summed E-state index contributed by atoms with van der Waals surface area (Å²) in [6, 6.07) is 1.87. The Kier molecular flexibility index (Phi) is 4.51. The highest BCUT2D eigenvalue weighted by Crippen LogP contribution is 2.30. The molecule has 0 N–H and O–H groups in total. The second-order valence-corrected chi connectivity index (χ2v) is 7.69. The Bertz CT molecular complexity index is 519. The molecule has 1 aliphatic heterocycles. The zero-order chi connectivity index (χ0) is 13.2. The molecule has 0 bridgehead atoms. The topological polar surface area (TPSA) is 47.0 Å². The van der Waals surface area contributed by atoms with Crippen molar-refractivity contribution in [2.45, 2.75) is 12.8 Å². The fraction of sp³-hybridized carbons (Fsp3) is 0.583. The zero-order valence-electron chi connectivity index (χ0n) is 9.85. The highest BCUT2D eigenvalue weighted by atomic mass is 35.5. The van der Waals surface area contributed by atoms with Crippen LogP contribution in [-0.2, 0) is 16.3 Å². The van der Waals surface area contributed by atoms with Crippen LogP contribution in [0.2, 0.25) is 5.02 Å². The summed E-state index contributed by atoms with van der Waals surface area (Å²) in [7, 11) is -2.86. The quantitative estimate of drug-likeness (QED) is 0.803. The monoisotopic (exact) mass is 307 g/mol. The van der Waals surface area contributed by atoms with Crippen molar-refractivity contribution in [2.75, 3.05) is 17.4 Å². The van der Waals surface area contributed by atoms with E-state index in [0.717, 1.165) is 5.56 Å². The van der Waals surface area contributed by atoms with Gasteiger partial charge in [0, 0.05) is 18.3 Å². The summed E-state index contributed by atoms with van der Waals surface area (Å²) in [6.07, 6.45) is 4.72. The first-order chi connectivity index (χ1) is 8.52. The summed E-state index contributed by atoms with van der Waals surface area (Å²) >= 11 is 12.1. The van der Waals surface area contributed by atoms with E-state index in [1.807, 2.05) is 6.07 Å². The molecule has 0 amide bonds. The minimum atomic E-state index is -2.86. The smallest absolute Gasteiger partial charge is 0.150 e. The van der Waals surface area contributed by atoms with E-state index in [4.69, 9.17) is 23.2 Å². The Hall–Kier alpha value is -0.320. The molecular weight excluding hydrogens is 293 g/mol. The molecule has 3 nitrogen and oxygen atoms in total. The van der Waals surface area contributed by atoms with E-state index in [1.54, 1.807) is 12.4 Å². The van der Waals surface area contributed by atoms with Crippen LogP contribution in [0, 0.1) is 11.8 Å². The molecule has 0 saturated carbocycles. The van der Waals surface area contributed by atoms with E-state index in [9.17, 15) is 8.42 Å². The van der Waals surface area contributed by atoms with E-state index in [1.165, 1.54) is 0 Å². The van der Waals surface area contributed by atoms with Gasteiger partial charge >= 0.3 is 0 Å². The van der Waals surface area contributed by atoms with Gasteiger partial charge in [-0.2, -0.15) is 0 Å². The summed E-state index contributed by atoms with van der Waals surface area (Å²) < 4.78 is 23.0. The molecule has 1 aromatic rings. The van der Waals surface area contributed by atoms with Gasteiger partial charge in [0.25, 0.3) is 0 Å². The molecule has 1 saturated heterocycles. The van der Waals surface area contributed by atoms with Crippen LogP contribution in [0.4, 0.5) is 0 Å². The van der Waals surface area contributed by atoms with Crippen molar-refractivity contribution in [2.24, 2.45) is 11.8 Å². The van der Waals surface area contributed by atoms with E-state index >= 15 is 0 Å². The van der Waals surface area contributed by atoms with Crippen molar-refractivity contribution >= 4 is 33.0 Å². The van der Waals surface area contributed by atoms with Crippen LogP contribution in [0.5, 0.6) is 0 Å². The van der Waals surface area contributed by atoms with Crippen LogP contribution in [0.1, 0.15) is 12.0 Å². The number of pyridine rings is 1. The summed E-state index contributed by atoms with van der Waals surface area (Å²) in [5.74, 6) is 1.31. The summed E-state index contributed by atoms with van der Waals surface area (Å²) in [5.41, 5.74) is 0.988. The molecule has 6 heteroatoms. The third-order valence-corrected chi connectivity index (χ3v) is 6.00. The van der Waals surface area contributed by atoms with Crippen LogP contribution in [0.3, 0.4) is 0 Å². The minimum Gasteiger partial charge on any atom is -0.263 e. The number of hydrogen-bond donors (Lipinski definition) is 0. The molecular formula is C12H15Cl2NO2S. The van der Waals surface area contributed by atoms with Gasteiger partial charge in [0.15, 0.2) is 9.84 Å². The fourth-order valence-electron chi connectivity index (χ4n) is 2.39. The largest absolute Gasteiger partial charge is 0.263 e. The molecule has 1 aliphatic rings. The van der Waals surface area contributed by atoms with Crippen molar-refractivity contribution in [3.63, 3.8) is 0 Å². The van der Waals surface area contributed by atoms with Gasteiger partial charge in [-0.05, 0) is 36.3 Å². The van der Waals surface area contributed by atoms with Crippen molar-refractivity contribution in [1.29, 1.82) is 0 Å². The standard InChI is InChI=1S/C12H15Cl2NO2S/c13-6-11(10-2-4-18(16,17)8-10)5-9-1-3-15-7-12(9)14/h1,3,7,10-11H,2,4-6,8H2. The number of nitrogens with zero attached hydrogens (tertiary/aromatic N) is 1. The van der Waals surface area contributed by atoms with Crippen LogP contribution in [0.25, 0.3) is 0 Å². The van der Waals surface area contributed by atoms with Gasteiger partial charge in [-0.15, -0.1) is 11.6 Å². The molecule has 2 heterocycles. The first kappa shape index (κ1) is 14.1. The molecule has 0 radical (unpaired) electrons. The molecule has 2 unspecified atom stereocenters. The number of hydrogen-bond acceptors (Lipinski definition) is 3. The van der Waals surface area contributed by atoms with Crippen molar-refractivity contribution in [1.82, 2.24) is 4.98 Å². The minimum absolute atomic E-state index is 0.150. The molecule has 0 spiro atoms. The average Bonchev–Trinajstić information content (AvgIpc) is 2.68. The Morgan fingerprint density at radius 3 is 2.83 bits per heavy atom. The molecule has 100 valence electrons. The molecule has 18 heavy (non-hydrogen) atoms. The van der Waals surface area contributed by atoms with Gasteiger partial charge < -0.3 is 0 Å². The SMILES string of the molecule is O=S1(=O)CCC(C(CCl)Cc2ccncc2Cl)C1. The van der Waals surface area contributed by atoms with Gasteiger partial charge in [0.2, 0.25) is 0 Å². The van der Waals surface area contributed by atoms with Gasteiger partial charge in [-0.25, -0.2) is 8.42 Å². The van der Waals surface area contributed by atoms with Gasteiger partial charge in [-0.1, -0.05) is 11.6 Å². The molecule has 1 fully saturated rings. The lowest BCUT2D eigenvalue weighted by Crippen LogP contribution is -2.20. The first-order valence-electron chi connectivity index (χ1n) is 5.86. The van der Waals surface area contributed by atoms with E-state index < -0.39 is 9.84 Å². The third kappa shape index (κ3) is 3.37. The van der Waals surface area contributed by atoms with Gasteiger partial charge in [0.05, 0.1) is 16.5 Å². The Labute approximate surface area is 117 Å². The van der Waals surface area contributed by atoms with E-state index in [-0.39, 0.29) is 23.3 Å². The molecule has 0 aliphatic carbocycles. The van der Waals surface area contributed by atoms with Crippen LogP contribution in [0.15, 0.2) is 18.5 Å². The second-order valence-electron chi connectivity index (χ2n) is 4.75. The first-order valence-corrected chi connectivity index (χ1v) is 8.60. The number of halogens is 2. The zero-order valence-corrected chi connectivity index (χ0v) is 12.2. The second kappa shape index (κ2) is 5.76. The fourth-order valence-corrected chi connectivity index (χ4v) is 4.87. The highest BCUT2D eigenvalue weighted by Gasteiger charge is 2.33. The maximum Gasteiger partial charge on any atom is 0.150 e. The normalized spacial score (nSPS) is 24.0. The van der Waals surface area contributed by atoms with Crippen molar-refractivity contribution in [3.8, 4) is 0 Å². The number of aromatic nitrogens is 1. The number of sulfone groups is 1. The third-order valence-electron chi connectivity index (χ3n) is 3.47. The number of rotatable bonds is 4. The van der Waals surface area contributed by atoms with Crippen molar-refractivity contribution < 1.29 is 8.42 Å². The van der Waals surface area contributed by atoms with Gasteiger partial charge in [0.1, 0.15) is 0 Å². The molecule has 2 rings (SSSR count). The van der Waals surface area contributed by atoms with Crippen LogP contribution in [-0.4, -0.2) is 30.8 Å². The predicted octanol–water partition coefficient (Wildman–Crippen LogP) is 2.57. The maximum atomic E-state index is 11.5. The highest BCUT2D eigenvalue weighted by molar-refractivity contribution is 7.91. The Balaban J connectivity index is 2.09. The van der Waals surface area contributed by atoms with E-state index in [0.29, 0.717) is 23.7 Å². The summed E-state index contributed by atoms with van der Waals surface area (Å²) in [5, 5.41) is 0.619. The lowest BCUT2D eigenvalue weighted by molar-refractivity contribution is 0.398. The Morgan fingerprint density at radius 1 is 1.50 bits per heavy atom. The maximum absolute atomic E-state index is 11.5. The average molecular weight is 308 g/mol. The molecule has 2 atom stereocenters. The predicted molar refractivity (Wildman–Crippen MR) is 73.9 cm³/mol. The Morgan fingerprint density at radius 2 is 2.28 bits per heavy atom. The lowest BCUT2D eigenvalue weighted by Gasteiger charge is -2.20. The van der Waals surface area contributed by atoms with Crippen LogP contribution < -0.4 is 0 Å². The summed E-state index contributed by atoms with van der Waals surface area (Å²) in [4.78, 5) is 3.94. The lowest BCUT2D eigenvalue weighted by atomic mass is 9.88. The number of alkyl halides is 1.